The quantitative estimate of drug-likeness (QED) is 0.563. The van der Waals surface area contributed by atoms with Crippen LogP contribution in [0, 0.1) is 20.8 Å². The van der Waals surface area contributed by atoms with Gasteiger partial charge in [0.25, 0.3) is 5.91 Å². The van der Waals surface area contributed by atoms with Crippen molar-refractivity contribution in [2.45, 2.75) is 59.6 Å². The summed E-state index contributed by atoms with van der Waals surface area (Å²) in [7, 11) is 1.53. The van der Waals surface area contributed by atoms with E-state index in [1.807, 2.05) is 34.6 Å². The van der Waals surface area contributed by atoms with Gasteiger partial charge in [-0.25, -0.2) is 9.78 Å². The molecule has 9 nitrogen and oxygen atoms in total. The van der Waals surface area contributed by atoms with Gasteiger partial charge in [-0.1, -0.05) is 0 Å². The van der Waals surface area contributed by atoms with Crippen LogP contribution in [0.1, 0.15) is 53.7 Å². The van der Waals surface area contributed by atoms with Crippen LogP contribution in [0.3, 0.4) is 0 Å². The SMILES string of the molecule is COc1ncc(C)c(NC(=O)c2cc(C)c(NC(=O)N3CCC[C@@H]3CO)cc2OC(C)C)c1C. The monoisotopic (exact) mass is 470 g/mol. The number of carbonyl (C=O) groups excluding carboxylic acids is 2. The fourth-order valence-corrected chi connectivity index (χ4v) is 4.13. The maximum Gasteiger partial charge on any atom is 0.322 e. The Bertz CT molecular complexity index is 1070. The molecule has 3 amide bonds. The Hall–Kier alpha value is -3.33. The zero-order chi connectivity index (χ0) is 25.0. The molecule has 3 N–H and O–H groups in total. The highest BCUT2D eigenvalue weighted by Crippen LogP contribution is 2.32. The third-order valence-electron chi connectivity index (χ3n) is 5.92. The second-order valence-electron chi connectivity index (χ2n) is 8.84. The lowest BCUT2D eigenvalue weighted by Gasteiger charge is -2.24. The van der Waals surface area contributed by atoms with Crippen LogP contribution in [0.15, 0.2) is 18.3 Å². The topological polar surface area (TPSA) is 113 Å². The van der Waals surface area contributed by atoms with Crippen LogP contribution >= 0.6 is 0 Å². The highest BCUT2D eigenvalue weighted by Gasteiger charge is 2.29. The minimum atomic E-state index is -0.337. The first-order valence-corrected chi connectivity index (χ1v) is 11.5. The molecule has 2 heterocycles. The molecule has 1 aromatic heterocycles. The first kappa shape index (κ1) is 25.3. The molecule has 2 aromatic rings. The Kier molecular flexibility index (Phi) is 7.98. The van der Waals surface area contributed by atoms with Crippen molar-refractivity contribution < 1.29 is 24.2 Å². The van der Waals surface area contributed by atoms with Gasteiger partial charge in [0.15, 0.2) is 0 Å². The molecule has 184 valence electrons. The minimum Gasteiger partial charge on any atom is -0.490 e. The molecule has 1 aliphatic heterocycles. The van der Waals surface area contributed by atoms with Gasteiger partial charge in [-0.2, -0.15) is 0 Å². The number of anilines is 2. The Morgan fingerprint density at radius 2 is 1.94 bits per heavy atom. The Labute approximate surface area is 200 Å². The summed E-state index contributed by atoms with van der Waals surface area (Å²) in [6.45, 7) is 9.80. The van der Waals surface area contributed by atoms with Crippen molar-refractivity contribution in [2.24, 2.45) is 0 Å². The number of aryl methyl sites for hydroxylation is 2. The molecule has 9 heteroatoms. The molecule has 0 radical (unpaired) electrons. The van der Waals surface area contributed by atoms with Gasteiger partial charge in [0.2, 0.25) is 5.88 Å². The van der Waals surface area contributed by atoms with Gasteiger partial charge >= 0.3 is 6.03 Å². The fourth-order valence-electron chi connectivity index (χ4n) is 4.13. The number of likely N-dealkylation sites (tertiary alicyclic amines) is 1. The van der Waals surface area contributed by atoms with Crippen LogP contribution in [0.5, 0.6) is 11.6 Å². The van der Waals surface area contributed by atoms with E-state index in [2.05, 4.69) is 15.6 Å². The number of pyridine rings is 1. The van der Waals surface area contributed by atoms with Gasteiger partial charge in [-0.3, -0.25) is 4.79 Å². The number of benzene rings is 1. The summed E-state index contributed by atoms with van der Waals surface area (Å²) in [4.78, 5) is 32.0. The molecular weight excluding hydrogens is 436 g/mol. The molecule has 1 aromatic carbocycles. The van der Waals surface area contributed by atoms with Gasteiger partial charge in [0, 0.05) is 30.1 Å². The van der Waals surface area contributed by atoms with Crippen molar-refractivity contribution in [3.8, 4) is 11.6 Å². The number of hydrogen-bond donors (Lipinski definition) is 3. The van der Waals surface area contributed by atoms with Crippen molar-refractivity contribution in [3.63, 3.8) is 0 Å². The van der Waals surface area contributed by atoms with Crippen LogP contribution in [-0.2, 0) is 0 Å². The Balaban J connectivity index is 1.91. The number of hydrogen-bond acceptors (Lipinski definition) is 6. The lowest BCUT2D eigenvalue weighted by atomic mass is 10.1. The van der Waals surface area contributed by atoms with Gasteiger partial charge in [-0.15, -0.1) is 0 Å². The van der Waals surface area contributed by atoms with Crippen molar-refractivity contribution in [1.29, 1.82) is 0 Å². The van der Waals surface area contributed by atoms with Crippen molar-refractivity contribution >= 4 is 23.3 Å². The highest BCUT2D eigenvalue weighted by atomic mass is 16.5. The largest absolute Gasteiger partial charge is 0.490 e. The van der Waals surface area contributed by atoms with E-state index >= 15 is 0 Å². The van der Waals surface area contributed by atoms with E-state index in [0.717, 1.165) is 29.5 Å². The molecule has 3 rings (SSSR count). The third kappa shape index (κ3) is 5.41. The summed E-state index contributed by atoms with van der Waals surface area (Å²) < 4.78 is 11.2. The number of ether oxygens (including phenoxy) is 2. The van der Waals surface area contributed by atoms with E-state index in [-0.39, 0.29) is 30.7 Å². The van der Waals surface area contributed by atoms with Crippen molar-refractivity contribution in [2.75, 3.05) is 30.9 Å². The van der Waals surface area contributed by atoms with Gasteiger partial charge in [0.1, 0.15) is 5.75 Å². The average molecular weight is 471 g/mol. The lowest BCUT2D eigenvalue weighted by Crippen LogP contribution is -2.40. The van der Waals surface area contributed by atoms with E-state index in [1.165, 1.54) is 7.11 Å². The van der Waals surface area contributed by atoms with E-state index < -0.39 is 0 Å². The first-order valence-electron chi connectivity index (χ1n) is 11.5. The number of aliphatic hydroxyl groups excluding tert-OH is 1. The standard InChI is InChI=1S/C25H34N4O5/c1-14(2)34-21-11-20(27-25(32)29-9-7-8-18(29)13-30)15(3)10-19(21)23(31)28-22-16(4)12-26-24(33-6)17(22)5/h10-12,14,18,30H,7-9,13H2,1-6H3,(H,27,32)(H,26,28,31)/t18-/m1/s1. The number of nitrogens with one attached hydrogen (secondary N) is 2. The van der Waals surface area contributed by atoms with E-state index in [9.17, 15) is 14.7 Å². The molecule has 1 atom stereocenters. The summed E-state index contributed by atoms with van der Waals surface area (Å²) in [5, 5.41) is 15.4. The van der Waals surface area contributed by atoms with Crippen LogP contribution in [0.4, 0.5) is 16.2 Å². The maximum absolute atomic E-state index is 13.3. The normalized spacial score (nSPS) is 15.4. The summed E-state index contributed by atoms with van der Waals surface area (Å²) in [5.74, 6) is 0.470. The first-order chi connectivity index (χ1) is 16.2. The molecule has 1 saturated heterocycles. The number of rotatable bonds is 7. The second kappa shape index (κ2) is 10.7. The van der Waals surface area contributed by atoms with E-state index in [0.29, 0.717) is 35.1 Å². The Morgan fingerprint density at radius 3 is 2.59 bits per heavy atom. The predicted octanol–water partition coefficient (Wildman–Crippen LogP) is 4.04. The smallest absolute Gasteiger partial charge is 0.322 e. The summed E-state index contributed by atoms with van der Waals surface area (Å²) in [5.41, 5.74) is 3.79. The predicted molar refractivity (Wildman–Crippen MR) is 131 cm³/mol. The van der Waals surface area contributed by atoms with Crippen LogP contribution < -0.4 is 20.1 Å². The minimum absolute atomic E-state index is 0.0636. The van der Waals surface area contributed by atoms with E-state index in [4.69, 9.17) is 9.47 Å². The number of amides is 3. The summed E-state index contributed by atoms with van der Waals surface area (Å²) >= 11 is 0. The molecule has 1 fully saturated rings. The van der Waals surface area contributed by atoms with Crippen molar-refractivity contribution in [1.82, 2.24) is 9.88 Å². The van der Waals surface area contributed by atoms with Crippen molar-refractivity contribution in [3.05, 3.63) is 40.6 Å². The summed E-state index contributed by atoms with van der Waals surface area (Å²) in [6.07, 6.45) is 3.11. The molecule has 0 aliphatic carbocycles. The second-order valence-corrected chi connectivity index (χ2v) is 8.84. The molecule has 34 heavy (non-hydrogen) atoms. The summed E-state index contributed by atoms with van der Waals surface area (Å²) in [6, 6.07) is 2.93. The van der Waals surface area contributed by atoms with Crippen LogP contribution in [0.25, 0.3) is 0 Å². The average Bonchev–Trinajstić information content (AvgIpc) is 3.27. The van der Waals surface area contributed by atoms with Gasteiger partial charge in [-0.05, 0) is 64.7 Å². The number of methoxy groups -OCH3 is 1. The number of aliphatic hydroxyl groups is 1. The number of aromatic nitrogens is 1. The number of carbonyl (C=O) groups is 2. The van der Waals surface area contributed by atoms with Gasteiger partial charge < -0.3 is 30.1 Å². The fraction of sp³-hybridized carbons (Fsp3) is 0.480. The third-order valence-corrected chi connectivity index (χ3v) is 5.92. The number of nitrogens with zero attached hydrogens (tertiary/aromatic N) is 2. The number of urea groups is 1. The zero-order valence-corrected chi connectivity index (χ0v) is 20.7. The maximum atomic E-state index is 13.3. The zero-order valence-electron chi connectivity index (χ0n) is 20.7. The van der Waals surface area contributed by atoms with Crippen LogP contribution in [-0.4, -0.2) is 59.3 Å². The van der Waals surface area contributed by atoms with E-state index in [1.54, 1.807) is 23.2 Å². The lowest BCUT2D eigenvalue weighted by molar-refractivity contribution is 0.102. The van der Waals surface area contributed by atoms with Crippen LogP contribution in [0.2, 0.25) is 0 Å². The molecule has 0 spiro atoms. The molecule has 0 bridgehead atoms. The molecule has 0 unspecified atom stereocenters. The molecule has 0 saturated carbocycles. The highest BCUT2D eigenvalue weighted by molar-refractivity contribution is 6.08. The Morgan fingerprint density at radius 1 is 1.21 bits per heavy atom. The van der Waals surface area contributed by atoms with Gasteiger partial charge in [0.05, 0.1) is 37.1 Å². The molecule has 1 aliphatic rings. The molecular formula is C25H34N4O5.